The van der Waals surface area contributed by atoms with Gasteiger partial charge in [0.25, 0.3) is 0 Å². The molecule has 2 unspecified atom stereocenters. The van der Waals surface area contributed by atoms with Crippen molar-refractivity contribution < 1.29 is 88.1 Å². The maximum absolute atomic E-state index is 11.8. The van der Waals surface area contributed by atoms with E-state index in [1.54, 1.807) is 0 Å². The average Bonchev–Trinajstić information content (AvgIpc) is 3.27. The van der Waals surface area contributed by atoms with Crippen LogP contribution in [0.1, 0.15) is 13.2 Å². The van der Waals surface area contributed by atoms with Crippen LogP contribution in [0.5, 0.6) is 0 Å². The molecule has 37 heavy (non-hydrogen) atoms. The second kappa shape index (κ2) is 13.1. The maximum Gasteiger partial charge on any atom is 0.490 e. The summed E-state index contributed by atoms with van der Waals surface area (Å²) in [5.74, 6) is 3.90. The van der Waals surface area contributed by atoms with Gasteiger partial charge in [-0.3, -0.25) is 13.9 Å². The minimum absolute atomic E-state index is 0. The van der Waals surface area contributed by atoms with E-state index in [1.807, 2.05) is 0 Å². The zero-order chi connectivity index (χ0) is 27.5. The summed E-state index contributed by atoms with van der Waals surface area (Å²) < 4.78 is 51.9. The van der Waals surface area contributed by atoms with E-state index in [0.717, 1.165) is 6.33 Å². The number of phosphoric acid groups is 3. The van der Waals surface area contributed by atoms with Gasteiger partial charge in [0.05, 0.1) is 12.9 Å². The molecule has 10 N–H and O–H groups in total. The minimum Gasteiger partial charge on any atom is -0.387 e. The molecule has 0 spiro atoms. The maximum atomic E-state index is 11.8. The summed E-state index contributed by atoms with van der Waals surface area (Å²) in [4.78, 5) is 60.3. The van der Waals surface area contributed by atoms with Crippen LogP contribution >= 0.6 is 23.5 Å². The molecule has 0 saturated carbocycles. The van der Waals surface area contributed by atoms with Gasteiger partial charge in [0.2, 0.25) is 0 Å². The SMILES string of the molecule is CC(=O)ON.Nc1ncnc2c1ncn2[C@@H]1O[C@H](COP(=O)(O)OP(=O)(O)OP(=O)(O)O)[C@@H](O)[C@H]1O.[Mn]. The van der Waals surface area contributed by atoms with Crippen LogP contribution in [-0.2, 0) is 58.3 Å². The molecule has 1 aliphatic heterocycles. The number of nitrogen functional groups attached to an aromatic ring is 1. The molecule has 25 heteroatoms. The van der Waals surface area contributed by atoms with Crippen molar-refractivity contribution in [2.24, 2.45) is 5.90 Å². The van der Waals surface area contributed by atoms with Gasteiger partial charge in [-0.15, -0.1) is 0 Å². The van der Waals surface area contributed by atoms with Crippen molar-refractivity contribution in [3.8, 4) is 0 Å². The number of anilines is 1. The molecule has 1 fully saturated rings. The predicted molar refractivity (Wildman–Crippen MR) is 111 cm³/mol. The first-order valence-electron chi connectivity index (χ1n) is 9.06. The molecule has 1 aliphatic rings. The Labute approximate surface area is 216 Å². The van der Waals surface area contributed by atoms with Crippen LogP contribution in [0.2, 0.25) is 0 Å². The number of hydrogen-bond donors (Lipinski definition) is 8. The van der Waals surface area contributed by atoms with Crippen LogP contribution in [-0.4, -0.2) is 80.2 Å². The quantitative estimate of drug-likeness (QED) is 0.0864. The van der Waals surface area contributed by atoms with Gasteiger partial charge >= 0.3 is 29.4 Å². The van der Waals surface area contributed by atoms with Gasteiger partial charge < -0.3 is 45.1 Å². The van der Waals surface area contributed by atoms with Crippen molar-refractivity contribution >= 4 is 46.4 Å². The number of aliphatic hydroxyl groups is 2. The van der Waals surface area contributed by atoms with Gasteiger partial charge in [-0.25, -0.2) is 28.6 Å². The molecule has 1 saturated heterocycles. The second-order valence-corrected chi connectivity index (χ2v) is 11.0. The predicted octanol–water partition coefficient (Wildman–Crippen LogP) is -2.21. The van der Waals surface area contributed by atoms with Crippen molar-refractivity contribution in [2.45, 2.75) is 31.5 Å². The average molecular weight is 637 g/mol. The summed E-state index contributed by atoms with van der Waals surface area (Å²) in [5, 5.41) is 20.4. The van der Waals surface area contributed by atoms with Gasteiger partial charge in [-0.1, -0.05) is 0 Å². The fourth-order valence-electron chi connectivity index (χ4n) is 2.62. The topological polar surface area (TPSA) is 331 Å². The molecule has 3 rings (SSSR count). The largest absolute Gasteiger partial charge is 0.490 e. The molecule has 211 valence electrons. The van der Waals surface area contributed by atoms with Crippen molar-refractivity contribution in [1.29, 1.82) is 0 Å². The van der Waals surface area contributed by atoms with E-state index < -0.39 is 60.6 Å². The summed E-state index contributed by atoms with van der Waals surface area (Å²) >= 11 is 0. The molecule has 0 amide bonds. The van der Waals surface area contributed by atoms with Gasteiger partial charge in [0.1, 0.15) is 30.2 Å². The fraction of sp³-hybridized carbons (Fsp3) is 0.500. The summed E-state index contributed by atoms with van der Waals surface area (Å²) in [5.41, 5.74) is 6.00. The molecule has 0 aliphatic carbocycles. The Hall–Kier alpha value is -1.41. The van der Waals surface area contributed by atoms with Crippen molar-refractivity contribution in [2.75, 3.05) is 12.3 Å². The second-order valence-electron chi connectivity index (χ2n) is 6.63. The molecule has 3 heterocycles. The molecular weight excluding hydrogens is 616 g/mol. The molecule has 6 atom stereocenters. The number of rotatable bonds is 8. The third kappa shape index (κ3) is 9.68. The number of carbonyl (C=O) groups excluding carboxylic acids is 1. The zero-order valence-corrected chi connectivity index (χ0v) is 22.1. The summed E-state index contributed by atoms with van der Waals surface area (Å²) in [6.45, 7) is 0.280. The van der Waals surface area contributed by atoms with Crippen LogP contribution in [0.4, 0.5) is 5.82 Å². The molecule has 0 aromatic carbocycles. The van der Waals surface area contributed by atoms with Crippen LogP contribution in [0.15, 0.2) is 12.7 Å². The first-order valence-corrected chi connectivity index (χ1v) is 13.6. The molecule has 1 radical (unpaired) electrons. The summed E-state index contributed by atoms with van der Waals surface area (Å²) in [6.07, 6.45) is -3.69. The number of hydrogen-bond acceptors (Lipinski definition) is 16. The number of fused-ring (bicyclic) bond motifs is 1. The normalized spacial score (nSPS) is 24.8. The van der Waals surface area contributed by atoms with Gasteiger partial charge in [-0.2, -0.15) is 14.5 Å². The van der Waals surface area contributed by atoms with E-state index in [1.165, 1.54) is 17.8 Å². The Morgan fingerprint density at radius 2 is 1.68 bits per heavy atom. The number of ether oxygens (including phenoxy) is 1. The van der Waals surface area contributed by atoms with E-state index in [4.69, 9.17) is 25.2 Å². The van der Waals surface area contributed by atoms with E-state index in [9.17, 15) is 33.6 Å². The standard InChI is InChI=1S/C10H16N5O13P3.C2H5NO2.Mn/c11-8-5-9(13-2-12-8)15(3-14-5)10-7(17)6(16)4(26-10)1-25-30(21,22)28-31(23,24)27-29(18,19)20;1-2(4)5-3;/h2-4,6-7,10,16-17H,1H2,(H,21,22)(H,23,24)(H2,11,12,13)(H2,18,19,20);3H2,1H3;/t4-,6-,7-,10-;;/m1../s1. The van der Waals surface area contributed by atoms with Crippen LogP contribution in [0, 0.1) is 0 Å². The number of phosphoric ester groups is 1. The fourth-order valence-corrected chi connectivity index (χ4v) is 5.65. The van der Waals surface area contributed by atoms with Crippen LogP contribution in [0.3, 0.4) is 0 Å². The van der Waals surface area contributed by atoms with Crippen LogP contribution < -0.4 is 11.6 Å². The van der Waals surface area contributed by atoms with E-state index >= 15 is 0 Å². The summed E-state index contributed by atoms with van der Waals surface area (Å²) in [6, 6.07) is 0. The molecule has 2 aromatic heterocycles. The van der Waals surface area contributed by atoms with Crippen LogP contribution in [0.25, 0.3) is 11.2 Å². The Kier molecular flexibility index (Phi) is 11.9. The number of carbonyl (C=O) groups is 1. The van der Waals surface area contributed by atoms with Gasteiger partial charge in [0.15, 0.2) is 17.7 Å². The third-order valence-corrected chi connectivity index (χ3v) is 7.78. The first kappa shape index (κ1) is 33.6. The van der Waals surface area contributed by atoms with E-state index in [0.29, 0.717) is 0 Å². The zero-order valence-electron chi connectivity index (χ0n) is 18.2. The van der Waals surface area contributed by atoms with Gasteiger partial charge in [0, 0.05) is 24.0 Å². The number of nitrogens with two attached hydrogens (primary N) is 2. The van der Waals surface area contributed by atoms with Crippen molar-refractivity contribution in [3.63, 3.8) is 0 Å². The molecular formula is C12H21MnN6O15P3. The van der Waals surface area contributed by atoms with E-state index in [-0.39, 0.29) is 34.1 Å². The smallest absolute Gasteiger partial charge is 0.387 e. The Morgan fingerprint density at radius 3 is 2.22 bits per heavy atom. The minimum atomic E-state index is -5.70. The van der Waals surface area contributed by atoms with E-state index in [2.05, 4.69) is 38.8 Å². The number of aromatic nitrogens is 4. The van der Waals surface area contributed by atoms with Gasteiger partial charge in [-0.05, 0) is 0 Å². The molecule has 0 bridgehead atoms. The monoisotopic (exact) mass is 637 g/mol. The third-order valence-electron chi connectivity index (χ3n) is 3.98. The molecule has 21 nitrogen and oxygen atoms in total. The van der Waals surface area contributed by atoms with Crippen molar-refractivity contribution in [3.05, 3.63) is 12.7 Å². The van der Waals surface area contributed by atoms with Crippen molar-refractivity contribution in [1.82, 2.24) is 19.5 Å². The Morgan fingerprint density at radius 1 is 1.08 bits per heavy atom. The molecule has 2 aromatic rings. The number of nitrogens with zero attached hydrogens (tertiary/aromatic N) is 4. The Balaban J connectivity index is 0.00000104. The number of aliphatic hydroxyl groups excluding tert-OH is 2. The summed E-state index contributed by atoms with van der Waals surface area (Å²) in [7, 11) is -16.7. The number of imidazole rings is 1. The Bertz CT molecular complexity index is 1230. The first-order chi connectivity index (χ1) is 16.5.